The van der Waals surface area contributed by atoms with Crippen LogP contribution in [0.5, 0.6) is 5.75 Å². The smallest absolute Gasteiger partial charge is 0.335 e. The van der Waals surface area contributed by atoms with Crippen LogP contribution in [0.3, 0.4) is 0 Å². The highest BCUT2D eigenvalue weighted by Gasteiger charge is 2.22. The zero-order valence-corrected chi connectivity index (χ0v) is 17.3. The van der Waals surface area contributed by atoms with Gasteiger partial charge in [0, 0.05) is 24.1 Å². The van der Waals surface area contributed by atoms with E-state index in [2.05, 4.69) is 43.5 Å². The predicted octanol–water partition coefficient (Wildman–Crippen LogP) is 4.91. The normalized spacial score (nSPS) is 13.7. The van der Waals surface area contributed by atoms with Gasteiger partial charge in [0.25, 0.3) is 0 Å². The molecule has 0 bridgehead atoms. The third kappa shape index (κ3) is 5.50. The van der Waals surface area contributed by atoms with E-state index in [0.29, 0.717) is 11.6 Å². The van der Waals surface area contributed by atoms with Crippen LogP contribution in [-0.2, 0) is 0 Å². The SMILES string of the molecule is Cc1ccc(C(CCN(C(C)C)C(C)S)c2cc(C(=O)O)ccc2O)cc1. The number of phenolic OH excluding ortho intramolecular Hbond substituents is 1. The summed E-state index contributed by atoms with van der Waals surface area (Å²) in [7, 11) is 0. The number of carbonyl (C=O) groups is 1. The quantitative estimate of drug-likeness (QED) is 0.445. The van der Waals surface area contributed by atoms with Gasteiger partial charge in [0.1, 0.15) is 5.75 Å². The summed E-state index contributed by atoms with van der Waals surface area (Å²) in [5.41, 5.74) is 3.06. The molecule has 0 spiro atoms. The number of aromatic hydroxyl groups is 1. The third-order valence-electron chi connectivity index (χ3n) is 4.95. The molecular weight excluding hydrogens is 358 g/mol. The Bertz CT molecular complexity index is 764. The molecule has 27 heavy (non-hydrogen) atoms. The van der Waals surface area contributed by atoms with Gasteiger partial charge in [-0.15, -0.1) is 0 Å². The summed E-state index contributed by atoms with van der Waals surface area (Å²) in [6, 6.07) is 13.0. The largest absolute Gasteiger partial charge is 0.508 e. The fraction of sp³-hybridized carbons (Fsp3) is 0.409. The maximum Gasteiger partial charge on any atom is 0.335 e. The molecule has 146 valence electrons. The van der Waals surface area contributed by atoms with Crippen molar-refractivity contribution < 1.29 is 15.0 Å². The van der Waals surface area contributed by atoms with Gasteiger partial charge < -0.3 is 10.2 Å². The lowest BCUT2D eigenvalue weighted by Crippen LogP contribution is -2.37. The Morgan fingerprint density at radius 3 is 2.26 bits per heavy atom. The van der Waals surface area contributed by atoms with Crippen molar-refractivity contribution in [2.75, 3.05) is 6.54 Å². The number of benzene rings is 2. The maximum absolute atomic E-state index is 11.4. The topological polar surface area (TPSA) is 60.8 Å². The van der Waals surface area contributed by atoms with E-state index < -0.39 is 5.97 Å². The summed E-state index contributed by atoms with van der Waals surface area (Å²) in [6.07, 6.45) is 0.753. The number of thiol groups is 1. The van der Waals surface area contributed by atoms with Gasteiger partial charge in [-0.1, -0.05) is 29.8 Å². The first kappa shape index (κ1) is 21.3. The summed E-state index contributed by atoms with van der Waals surface area (Å²) < 4.78 is 0. The zero-order chi connectivity index (χ0) is 20.1. The molecule has 2 rings (SSSR count). The Labute approximate surface area is 167 Å². The van der Waals surface area contributed by atoms with Gasteiger partial charge in [0.2, 0.25) is 0 Å². The van der Waals surface area contributed by atoms with Gasteiger partial charge >= 0.3 is 5.97 Å². The number of carboxylic acid groups (broad SMARTS) is 1. The molecule has 0 fully saturated rings. The van der Waals surface area contributed by atoms with Crippen molar-refractivity contribution in [3.63, 3.8) is 0 Å². The molecule has 4 nitrogen and oxygen atoms in total. The highest BCUT2D eigenvalue weighted by molar-refractivity contribution is 7.80. The lowest BCUT2D eigenvalue weighted by molar-refractivity contribution is 0.0696. The Kier molecular flexibility index (Phi) is 7.33. The molecule has 2 unspecified atom stereocenters. The molecule has 2 N–H and O–H groups in total. The summed E-state index contributed by atoms with van der Waals surface area (Å²) in [5, 5.41) is 19.9. The molecule has 0 saturated heterocycles. The summed E-state index contributed by atoms with van der Waals surface area (Å²) in [5.74, 6) is -0.967. The van der Waals surface area contributed by atoms with Crippen LogP contribution in [0.2, 0.25) is 0 Å². The first-order chi connectivity index (χ1) is 12.7. The lowest BCUT2D eigenvalue weighted by atomic mass is 9.86. The molecule has 0 aromatic heterocycles. The number of aromatic carboxylic acids is 1. The monoisotopic (exact) mass is 387 g/mol. The second-order valence-corrected chi connectivity index (χ2v) is 8.04. The zero-order valence-electron chi connectivity index (χ0n) is 16.4. The minimum atomic E-state index is -0.994. The second kappa shape index (κ2) is 9.29. The molecule has 2 aromatic carbocycles. The Balaban J connectivity index is 2.43. The third-order valence-corrected chi connectivity index (χ3v) is 5.25. The van der Waals surface area contributed by atoms with Crippen LogP contribution in [0.15, 0.2) is 42.5 Å². The number of aryl methyl sites for hydroxylation is 1. The first-order valence-electron chi connectivity index (χ1n) is 9.27. The number of hydrogen-bond acceptors (Lipinski definition) is 4. The van der Waals surface area contributed by atoms with E-state index in [4.69, 9.17) is 0 Å². The van der Waals surface area contributed by atoms with E-state index in [-0.39, 0.29) is 22.6 Å². The van der Waals surface area contributed by atoms with Crippen molar-refractivity contribution in [2.45, 2.75) is 51.4 Å². The molecule has 0 amide bonds. The number of nitrogens with zero attached hydrogens (tertiary/aromatic N) is 1. The van der Waals surface area contributed by atoms with Gasteiger partial charge in [-0.25, -0.2) is 4.79 Å². The Morgan fingerprint density at radius 2 is 1.74 bits per heavy atom. The molecular formula is C22H29NO3S. The number of phenols is 1. The minimum absolute atomic E-state index is 0.0989. The predicted molar refractivity (Wildman–Crippen MR) is 113 cm³/mol. The first-order valence-corrected chi connectivity index (χ1v) is 9.79. The summed E-state index contributed by atoms with van der Waals surface area (Å²) >= 11 is 4.59. The van der Waals surface area contributed by atoms with Crippen LogP contribution < -0.4 is 0 Å². The molecule has 2 aromatic rings. The Morgan fingerprint density at radius 1 is 1.11 bits per heavy atom. The number of rotatable bonds is 8. The van der Waals surface area contributed by atoms with Crippen molar-refractivity contribution in [3.05, 3.63) is 64.7 Å². The average Bonchev–Trinajstić information content (AvgIpc) is 2.59. The highest BCUT2D eigenvalue weighted by atomic mass is 32.1. The van der Waals surface area contributed by atoms with E-state index in [0.717, 1.165) is 24.1 Å². The molecule has 0 aliphatic rings. The lowest BCUT2D eigenvalue weighted by Gasteiger charge is -2.31. The molecule has 0 aliphatic carbocycles. The van der Waals surface area contributed by atoms with E-state index in [1.165, 1.54) is 12.1 Å². The average molecular weight is 388 g/mol. The molecule has 2 atom stereocenters. The van der Waals surface area contributed by atoms with Crippen LogP contribution in [-0.4, -0.2) is 39.0 Å². The molecule has 0 radical (unpaired) electrons. The molecule has 0 aliphatic heterocycles. The van der Waals surface area contributed by atoms with E-state index >= 15 is 0 Å². The number of hydrogen-bond donors (Lipinski definition) is 3. The van der Waals surface area contributed by atoms with Crippen molar-refractivity contribution in [3.8, 4) is 5.75 Å². The van der Waals surface area contributed by atoms with Crippen LogP contribution in [0.4, 0.5) is 0 Å². The molecule has 5 heteroatoms. The second-order valence-electron chi connectivity index (χ2n) is 7.29. The van der Waals surface area contributed by atoms with E-state index in [9.17, 15) is 15.0 Å². The summed E-state index contributed by atoms with van der Waals surface area (Å²) in [4.78, 5) is 13.7. The van der Waals surface area contributed by atoms with Gasteiger partial charge in [0.05, 0.1) is 10.9 Å². The van der Waals surface area contributed by atoms with Gasteiger partial charge in [0.15, 0.2) is 0 Å². The standard InChI is InChI=1S/C22H29NO3S/c1-14(2)23(16(4)27)12-11-19(17-7-5-15(3)6-8-17)20-13-18(22(25)26)9-10-21(20)24/h5-10,13-14,16,19,24,27H,11-12H2,1-4H3,(H,25,26). The maximum atomic E-state index is 11.4. The van der Waals surface area contributed by atoms with E-state index in [1.54, 1.807) is 6.07 Å². The van der Waals surface area contributed by atoms with Crippen molar-refractivity contribution in [1.29, 1.82) is 0 Å². The van der Waals surface area contributed by atoms with Crippen LogP contribution >= 0.6 is 12.6 Å². The van der Waals surface area contributed by atoms with Crippen molar-refractivity contribution >= 4 is 18.6 Å². The van der Waals surface area contributed by atoms with Crippen LogP contribution in [0.25, 0.3) is 0 Å². The van der Waals surface area contributed by atoms with Crippen molar-refractivity contribution in [1.82, 2.24) is 4.90 Å². The Hall–Kier alpha value is -1.98. The fourth-order valence-electron chi connectivity index (χ4n) is 3.42. The fourth-order valence-corrected chi connectivity index (χ4v) is 3.80. The summed E-state index contributed by atoms with van der Waals surface area (Å²) in [6.45, 7) is 9.14. The van der Waals surface area contributed by atoms with Crippen LogP contribution in [0, 0.1) is 6.92 Å². The van der Waals surface area contributed by atoms with Crippen LogP contribution in [0.1, 0.15) is 60.2 Å². The molecule has 0 saturated carbocycles. The number of carboxylic acids is 1. The van der Waals surface area contributed by atoms with Crippen molar-refractivity contribution in [2.24, 2.45) is 0 Å². The minimum Gasteiger partial charge on any atom is -0.508 e. The van der Waals surface area contributed by atoms with Gasteiger partial charge in [-0.05, 0) is 57.9 Å². The van der Waals surface area contributed by atoms with Gasteiger partial charge in [-0.2, -0.15) is 12.6 Å². The van der Waals surface area contributed by atoms with E-state index in [1.807, 2.05) is 26.0 Å². The van der Waals surface area contributed by atoms with Gasteiger partial charge in [-0.3, -0.25) is 4.90 Å². The highest BCUT2D eigenvalue weighted by Crippen LogP contribution is 2.35. The molecule has 0 heterocycles.